The standard InChI is InChI=1S/C10H14N6OS/c1-2-11-8-5-18-4-6(8)10-13-9(15-17-10)7-3-12-16-14-7/h3,6,8,11H,2,4-5H2,1H3,(H,12,14,16). The number of aromatic amines is 1. The van der Waals surface area contributed by atoms with Crippen LogP contribution in [0.5, 0.6) is 0 Å². The van der Waals surface area contributed by atoms with E-state index in [4.69, 9.17) is 4.52 Å². The number of H-pyrrole nitrogens is 1. The Morgan fingerprint density at radius 1 is 1.56 bits per heavy atom. The zero-order chi connectivity index (χ0) is 12.4. The highest BCUT2D eigenvalue weighted by Gasteiger charge is 2.33. The maximum absolute atomic E-state index is 5.35. The monoisotopic (exact) mass is 266 g/mol. The van der Waals surface area contributed by atoms with Gasteiger partial charge in [-0.25, -0.2) is 0 Å². The predicted molar refractivity (Wildman–Crippen MR) is 67.2 cm³/mol. The first-order chi connectivity index (χ1) is 8.88. The Hall–Kier alpha value is -1.41. The summed E-state index contributed by atoms with van der Waals surface area (Å²) in [5, 5.41) is 17.6. The molecule has 1 fully saturated rings. The normalized spacial score (nSPS) is 23.6. The number of hydrogen-bond acceptors (Lipinski definition) is 7. The molecule has 2 aromatic rings. The summed E-state index contributed by atoms with van der Waals surface area (Å²) in [5.41, 5.74) is 0.607. The van der Waals surface area contributed by atoms with Crippen LogP contribution in [0.15, 0.2) is 10.7 Å². The van der Waals surface area contributed by atoms with E-state index in [0.29, 0.717) is 23.5 Å². The fraction of sp³-hybridized carbons (Fsp3) is 0.600. The summed E-state index contributed by atoms with van der Waals surface area (Å²) >= 11 is 1.91. The van der Waals surface area contributed by atoms with Gasteiger partial charge in [-0.1, -0.05) is 12.1 Å². The minimum absolute atomic E-state index is 0.281. The Morgan fingerprint density at radius 3 is 3.28 bits per heavy atom. The molecule has 0 bridgehead atoms. The minimum atomic E-state index is 0.281. The van der Waals surface area contributed by atoms with Gasteiger partial charge in [0.25, 0.3) is 0 Å². The minimum Gasteiger partial charge on any atom is -0.339 e. The summed E-state index contributed by atoms with van der Waals surface area (Å²) in [4.78, 5) is 4.41. The molecule has 0 saturated carbocycles. The van der Waals surface area contributed by atoms with Crippen molar-refractivity contribution < 1.29 is 4.52 Å². The van der Waals surface area contributed by atoms with Gasteiger partial charge in [0.05, 0.1) is 12.1 Å². The summed E-state index contributed by atoms with van der Waals surface area (Å²) in [7, 11) is 0. The van der Waals surface area contributed by atoms with Crippen LogP contribution >= 0.6 is 11.8 Å². The van der Waals surface area contributed by atoms with Crippen molar-refractivity contribution >= 4 is 11.8 Å². The molecule has 8 heteroatoms. The second-order valence-electron chi connectivity index (χ2n) is 4.12. The number of nitrogens with one attached hydrogen (secondary N) is 2. The average molecular weight is 266 g/mol. The third-order valence-corrected chi connectivity index (χ3v) is 4.14. The van der Waals surface area contributed by atoms with E-state index in [0.717, 1.165) is 18.1 Å². The molecule has 0 aromatic carbocycles. The molecule has 96 valence electrons. The molecule has 2 N–H and O–H groups in total. The summed E-state index contributed by atoms with van der Waals surface area (Å²) in [6.07, 6.45) is 1.58. The zero-order valence-electron chi connectivity index (χ0n) is 9.96. The van der Waals surface area contributed by atoms with E-state index in [1.165, 1.54) is 0 Å². The molecule has 2 atom stereocenters. The first-order valence-electron chi connectivity index (χ1n) is 5.89. The third kappa shape index (κ3) is 2.13. The van der Waals surface area contributed by atoms with E-state index in [-0.39, 0.29) is 5.92 Å². The van der Waals surface area contributed by atoms with E-state index >= 15 is 0 Å². The largest absolute Gasteiger partial charge is 0.339 e. The number of aromatic nitrogens is 5. The van der Waals surface area contributed by atoms with Crippen LogP contribution in [-0.4, -0.2) is 49.6 Å². The number of nitrogens with zero attached hydrogens (tertiary/aromatic N) is 4. The molecule has 7 nitrogen and oxygen atoms in total. The van der Waals surface area contributed by atoms with Gasteiger partial charge >= 0.3 is 0 Å². The van der Waals surface area contributed by atoms with Gasteiger partial charge in [-0.05, 0) is 6.54 Å². The van der Waals surface area contributed by atoms with E-state index in [1.807, 2.05) is 11.8 Å². The van der Waals surface area contributed by atoms with Gasteiger partial charge in [0.15, 0.2) is 5.69 Å². The van der Waals surface area contributed by atoms with Gasteiger partial charge in [-0.2, -0.15) is 32.2 Å². The molecule has 3 rings (SSSR count). The lowest BCUT2D eigenvalue weighted by Crippen LogP contribution is -2.34. The molecule has 0 radical (unpaired) electrons. The Labute approximate surface area is 108 Å². The Balaban J connectivity index is 1.80. The summed E-state index contributed by atoms with van der Waals surface area (Å²) in [6.45, 7) is 3.06. The lowest BCUT2D eigenvalue weighted by Gasteiger charge is -2.15. The van der Waals surface area contributed by atoms with Gasteiger partial charge in [-0.3, -0.25) is 0 Å². The van der Waals surface area contributed by atoms with Crippen molar-refractivity contribution in [2.24, 2.45) is 0 Å². The van der Waals surface area contributed by atoms with Crippen LogP contribution in [0.25, 0.3) is 11.5 Å². The van der Waals surface area contributed by atoms with E-state index in [9.17, 15) is 0 Å². The maximum atomic E-state index is 5.35. The van der Waals surface area contributed by atoms with Crippen molar-refractivity contribution in [3.8, 4) is 11.5 Å². The highest BCUT2D eigenvalue weighted by Crippen LogP contribution is 2.32. The van der Waals surface area contributed by atoms with Crippen molar-refractivity contribution in [2.75, 3.05) is 18.1 Å². The van der Waals surface area contributed by atoms with Crippen molar-refractivity contribution in [2.45, 2.75) is 18.9 Å². The highest BCUT2D eigenvalue weighted by atomic mass is 32.2. The fourth-order valence-corrected chi connectivity index (χ4v) is 3.43. The lowest BCUT2D eigenvalue weighted by molar-refractivity contribution is 0.340. The Bertz CT molecular complexity index is 498. The fourth-order valence-electron chi connectivity index (χ4n) is 2.06. The number of rotatable bonds is 4. The molecule has 2 unspecified atom stereocenters. The smallest absolute Gasteiger partial charge is 0.232 e. The summed E-state index contributed by atoms with van der Waals surface area (Å²) in [5.74, 6) is 3.55. The Kier molecular flexibility index (Phi) is 3.28. The quantitative estimate of drug-likeness (QED) is 0.839. The van der Waals surface area contributed by atoms with Gasteiger partial charge < -0.3 is 9.84 Å². The second-order valence-corrected chi connectivity index (χ2v) is 5.19. The summed E-state index contributed by atoms with van der Waals surface area (Å²) < 4.78 is 5.35. The van der Waals surface area contributed by atoms with Crippen molar-refractivity contribution in [1.29, 1.82) is 0 Å². The van der Waals surface area contributed by atoms with Crippen LogP contribution in [0.2, 0.25) is 0 Å². The molecule has 1 saturated heterocycles. The summed E-state index contributed by atoms with van der Waals surface area (Å²) in [6, 6.07) is 0.408. The lowest BCUT2D eigenvalue weighted by atomic mass is 10.0. The van der Waals surface area contributed by atoms with Crippen LogP contribution in [-0.2, 0) is 0 Å². The van der Waals surface area contributed by atoms with Crippen LogP contribution in [0.1, 0.15) is 18.7 Å². The first-order valence-corrected chi connectivity index (χ1v) is 7.05. The number of likely N-dealkylation sites (N-methyl/N-ethyl adjacent to an activating group) is 1. The van der Waals surface area contributed by atoms with Gasteiger partial charge in [0, 0.05) is 17.5 Å². The van der Waals surface area contributed by atoms with Crippen LogP contribution in [0.3, 0.4) is 0 Å². The topological polar surface area (TPSA) is 92.5 Å². The molecular weight excluding hydrogens is 252 g/mol. The van der Waals surface area contributed by atoms with Gasteiger partial charge in [0.2, 0.25) is 11.7 Å². The third-order valence-electron chi connectivity index (χ3n) is 2.95. The molecule has 2 aromatic heterocycles. The van der Waals surface area contributed by atoms with Crippen molar-refractivity contribution in [3.63, 3.8) is 0 Å². The van der Waals surface area contributed by atoms with Crippen molar-refractivity contribution in [1.82, 2.24) is 30.9 Å². The van der Waals surface area contributed by atoms with Crippen LogP contribution in [0, 0.1) is 0 Å². The van der Waals surface area contributed by atoms with E-state index in [1.54, 1.807) is 6.20 Å². The molecular formula is C10H14N6OS. The molecule has 3 heterocycles. The first kappa shape index (κ1) is 11.7. The number of thioether (sulfide) groups is 1. The van der Waals surface area contributed by atoms with Crippen molar-refractivity contribution in [3.05, 3.63) is 12.1 Å². The van der Waals surface area contributed by atoms with Crippen LogP contribution in [0.4, 0.5) is 0 Å². The zero-order valence-corrected chi connectivity index (χ0v) is 10.8. The molecule has 0 spiro atoms. The van der Waals surface area contributed by atoms with E-state index < -0.39 is 0 Å². The average Bonchev–Trinajstić information content (AvgIpc) is 3.10. The van der Waals surface area contributed by atoms with Crippen LogP contribution < -0.4 is 5.32 Å². The molecule has 0 amide bonds. The second kappa shape index (κ2) is 5.07. The number of hydrogen-bond donors (Lipinski definition) is 2. The molecule has 0 aliphatic carbocycles. The molecule has 1 aliphatic heterocycles. The molecule has 18 heavy (non-hydrogen) atoms. The molecule has 1 aliphatic rings. The van der Waals surface area contributed by atoms with Gasteiger partial charge in [-0.15, -0.1) is 0 Å². The SMILES string of the molecule is CCNC1CSCC1c1nc(-c2cn[nH]n2)no1. The highest BCUT2D eigenvalue weighted by molar-refractivity contribution is 7.99. The van der Waals surface area contributed by atoms with Gasteiger partial charge in [0.1, 0.15) is 0 Å². The predicted octanol–water partition coefficient (Wildman–Crippen LogP) is 0.663. The van der Waals surface area contributed by atoms with E-state index in [2.05, 4.69) is 37.8 Å². The Morgan fingerprint density at radius 2 is 2.50 bits per heavy atom. The maximum Gasteiger partial charge on any atom is 0.232 e.